The van der Waals surface area contributed by atoms with Crippen LogP contribution in [0.2, 0.25) is 0 Å². The SMILES string of the molecule is CSCCNC(=NCC(=O)N(C)C)NC1CCN(c2ccccc2)C1. The Kier molecular flexibility index (Phi) is 7.91. The number of guanidine groups is 1. The number of thioether (sulfide) groups is 1. The molecule has 1 saturated heterocycles. The van der Waals surface area contributed by atoms with Crippen LogP contribution in [0.3, 0.4) is 0 Å². The highest BCUT2D eigenvalue weighted by atomic mass is 32.2. The summed E-state index contributed by atoms with van der Waals surface area (Å²) in [7, 11) is 3.50. The van der Waals surface area contributed by atoms with E-state index in [0.717, 1.165) is 37.8 Å². The summed E-state index contributed by atoms with van der Waals surface area (Å²) in [6.07, 6.45) is 3.13. The van der Waals surface area contributed by atoms with E-state index >= 15 is 0 Å². The summed E-state index contributed by atoms with van der Waals surface area (Å²) in [6.45, 7) is 2.96. The van der Waals surface area contributed by atoms with E-state index in [2.05, 4.69) is 51.0 Å². The standard InChI is InChI=1S/C18H29N5OS/c1-22(2)17(24)13-20-18(19-10-12-25-3)21-15-9-11-23(14-15)16-7-5-4-6-8-16/h4-8,15H,9-14H2,1-3H3,(H2,19,20,21). The molecule has 0 aromatic heterocycles. The van der Waals surface area contributed by atoms with E-state index < -0.39 is 0 Å². The van der Waals surface area contributed by atoms with Crippen LogP contribution in [-0.2, 0) is 4.79 Å². The number of benzene rings is 1. The van der Waals surface area contributed by atoms with Crippen LogP contribution in [0, 0.1) is 0 Å². The lowest BCUT2D eigenvalue weighted by Crippen LogP contribution is -2.45. The number of likely N-dealkylation sites (N-methyl/N-ethyl adjacent to an activating group) is 1. The van der Waals surface area contributed by atoms with Crippen LogP contribution in [0.25, 0.3) is 0 Å². The molecule has 1 aromatic rings. The summed E-state index contributed by atoms with van der Waals surface area (Å²) in [6, 6.07) is 10.8. The molecule has 0 radical (unpaired) electrons. The molecule has 1 heterocycles. The Morgan fingerprint density at radius 2 is 2.12 bits per heavy atom. The first-order valence-corrected chi connectivity index (χ1v) is 10.0. The zero-order chi connectivity index (χ0) is 18.1. The van der Waals surface area contributed by atoms with Crippen LogP contribution < -0.4 is 15.5 Å². The van der Waals surface area contributed by atoms with E-state index in [9.17, 15) is 4.79 Å². The summed E-state index contributed by atoms with van der Waals surface area (Å²) >= 11 is 1.78. The van der Waals surface area contributed by atoms with Crippen LogP contribution in [-0.4, -0.2) is 75.1 Å². The predicted octanol–water partition coefficient (Wildman–Crippen LogP) is 1.25. The highest BCUT2D eigenvalue weighted by Crippen LogP contribution is 2.19. The third-order valence-corrected chi connectivity index (χ3v) is 4.73. The molecule has 6 nitrogen and oxygen atoms in total. The minimum atomic E-state index is 0.00306. The van der Waals surface area contributed by atoms with Crippen molar-refractivity contribution in [2.24, 2.45) is 4.99 Å². The van der Waals surface area contributed by atoms with Crippen LogP contribution >= 0.6 is 11.8 Å². The van der Waals surface area contributed by atoms with E-state index in [1.54, 1.807) is 30.8 Å². The molecule has 0 saturated carbocycles. The molecule has 25 heavy (non-hydrogen) atoms. The van der Waals surface area contributed by atoms with Crippen molar-refractivity contribution < 1.29 is 4.79 Å². The van der Waals surface area contributed by atoms with Crippen LogP contribution in [0.4, 0.5) is 5.69 Å². The second-order valence-corrected chi connectivity index (χ2v) is 7.27. The Bertz CT molecular complexity index is 564. The van der Waals surface area contributed by atoms with Gasteiger partial charge in [0.05, 0.1) is 0 Å². The molecule has 1 atom stereocenters. The number of nitrogens with one attached hydrogen (secondary N) is 2. The summed E-state index contributed by atoms with van der Waals surface area (Å²) in [5.74, 6) is 1.73. The minimum absolute atomic E-state index is 0.00306. The van der Waals surface area contributed by atoms with E-state index in [1.807, 2.05) is 6.07 Å². The largest absolute Gasteiger partial charge is 0.369 e. The van der Waals surface area contributed by atoms with Crippen molar-refractivity contribution in [1.29, 1.82) is 0 Å². The van der Waals surface area contributed by atoms with Crippen molar-refractivity contribution in [3.05, 3.63) is 30.3 Å². The van der Waals surface area contributed by atoms with Gasteiger partial charge in [0.1, 0.15) is 6.54 Å². The Hall–Kier alpha value is -1.89. The molecule has 0 aliphatic carbocycles. The lowest BCUT2D eigenvalue weighted by atomic mass is 10.3. The van der Waals surface area contributed by atoms with E-state index in [1.165, 1.54) is 5.69 Å². The average molecular weight is 364 g/mol. The van der Waals surface area contributed by atoms with Gasteiger partial charge >= 0.3 is 0 Å². The van der Waals surface area contributed by atoms with Crippen molar-refractivity contribution in [3.8, 4) is 0 Å². The van der Waals surface area contributed by atoms with Crippen molar-refractivity contribution in [2.45, 2.75) is 12.5 Å². The van der Waals surface area contributed by atoms with Crippen molar-refractivity contribution >= 4 is 29.3 Å². The lowest BCUT2D eigenvalue weighted by Gasteiger charge is -2.20. The first kappa shape index (κ1) is 19.4. The van der Waals surface area contributed by atoms with Crippen LogP contribution in [0.15, 0.2) is 35.3 Å². The number of nitrogens with zero attached hydrogens (tertiary/aromatic N) is 3. The van der Waals surface area contributed by atoms with Gasteiger partial charge in [-0.15, -0.1) is 0 Å². The van der Waals surface area contributed by atoms with Crippen LogP contribution in [0.5, 0.6) is 0 Å². The molecular weight excluding hydrogens is 334 g/mol. The molecular formula is C18H29N5OS. The first-order valence-electron chi connectivity index (χ1n) is 8.64. The Morgan fingerprint density at radius 1 is 1.36 bits per heavy atom. The Labute approximate surface area is 155 Å². The maximum atomic E-state index is 11.8. The predicted molar refractivity (Wildman–Crippen MR) is 108 cm³/mol. The third-order valence-electron chi connectivity index (χ3n) is 4.12. The molecule has 138 valence electrons. The maximum Gasteiger partial charge on any atom is 0.243 e. The zero-order valence-corrected chi connectivity index (χ0v) is 16.2. The number of para-hydroxylation sites is 1. The highest BCUT2D eigenvalue weighted by molar-refractivity contribution is 7.98. The van der Waals surface area contributed by atoms with Crippen molar-refractivity contribution in [1.82, 2.24) is 15.5 Å². The quantitative estimate of drug-likeness (QED) is 0.434. The summed E-state index contributed by atoms with van der Waals surface area (Å²) in [5.41, 5.74) is 1.25. The highest BCUT2D eigenvalue weighted by Gasteiger charge is 2.23. The van der Waals surface area contributed by atoms with Gasteiger partial charge < -0.3 is 20.4 Å². The first-order chi connectivity index (χ1) is 12.1. The second-order valence-electron chi connectivity index (χ2n) is 6.28. The summed E-state index contributed by atoms with van der Waals surface area (Å²) < 4.78 is 0. The summed E-state index contributed by atoms with van der Waals surface area (Å²) in [4.78, 5) is 20.2. The Morgan fingerprint density at radius 3 is 2.80 bits per heavy atom. The number of carbonyl (C=O) groups is 1. The van der Waals surface area contributed by atoms with E-state index in [0.29, 0.717) is 6.04 Å². The molecule has 1 amide bonds. The smallest absolute Gasteiger partial charge is 0.243 e. The fraction of sp³-hybridized carbons (Fsp3) is 0.556. The van der Waals surface area contributed by atoms with Gasteiger partial charge in [-0.05, 0) is 24.8 Å². The number of amides is 1. The average Bonchev–Trinajstić information content (AvgIpc) is 3.08. The normalized spacial score (nSPS) is 17.5. The molecule has 1 unspecified atom stereocenters. The van der Waals surface area contributed by atoms with Gasteiger partial charge in [0.15, 0.2) is 5.96 Å². The lowest BCUT2D eigenvalue weighted by molar-refractivity contribution is -0.127. The molecule has 0 bridgehead atoms. The summed E-state index contributed by atoms with van der Waals surface area (Å²) in [5, 5.41) is 6.81. The monoisotopic (exact) mass is 363 g/mol. The molecule has 0 spiro atoms. The number of hydrogen-bond acceptors (Lipinski definition) is 4. The Balaban J connectivity index is 1.91. The second kappa shape index (κ2) is 10.2. The molecule has 2 N–H and O–H groups in total. The van der Waals surface area contributed by atoms with Gasteiger partial charge in [-0.25, -0.2) is 4.99 Å². The van der Waals surface area contributed by atoms with Gasteiger partial charge in [-0.2, -0.15) is 11.8 Å². The molecule has 1 fully saturated rings. The van der Waals surface area contributed by atoms with Crippen molar-refractivity contribution in [3.63, 3.8) is 0 Å². The number of carbonyl (C=O) groups excluding carboxylic acids is 1. The number of hydrogen-bond donors (Lipinski definition) is 2. The minimum Gasteiger partial charge on any atom is -0.369 e. The molecule has 1 aliphatic rings. The van der Waals surface area contributed by atoms with Gasteiger partial charge in [0.25, 0.3) is 0 Å². The number of aliphatic imine (C=N–C) groups is 1. The maximum absolute atomic E-state index is 11.8. The molecule has 2 rings (SSSR count). The van der Waals surface area contributed by atoms with Gasteiger partial charge in [-0.3, -0.25) is 4.79 Å². The van der Waals surface area contributed by atoms with Gasteiger partial charge in [0, 0.05) is 51.2 Å². The van der Waals surface area contributed by atoms with E-state index in [4.69, 9.17) is 0 Å². The fourth-order valence-corrected chi connectivity index (χ4v) is 2.96. The van der Waals surface area contributed by atoms with Gasteiger partial charge in [0.2, 0.25) is 5.91 Å². The topological polar surface area (TPSA) is 60.0 Å². The molecule has 7 heteroatoms. The molecule has 1 aliphatic heterocycles. The fourth-order valence-electron chi connectivity index (χ4n) is 2.66. The van der Waals surface area contributed by atoms with E-state index in [-0.39, 0.29) is 12.5 Å². The van der Waals surface area contributed by atoms with Crippen molar-refractivity contribution in [2.75, 3.05) is 57.2 Å². The zero-order valence-electron chi connectivity index (χ0n) is 15.4. The van der Waals surface area contributed by atoms with Crippen LogP contribution in [0.1, 0.15) is 6.42 Å². The number of anilines is 1. The third kappa shape index (κ3) is 6.49. The number of rotatable bonds is 7. The molecule has 1 aromatic carbocycles. The van der Waals surface area contributed by atoms with Gasteiger partial charge in [-0.1, -0.05) is 18.2 Å².